The summed E-state index contributed by atoms with van der Waals surface area (Å²) in [6, 6.07) is 11.1. The summed E-state index contributed by atoms with van der Waals surface area (Å²) >= 11 is 9.42. The minimum atomic E-state index is -0.256. The lowest BCUT2D eigenvalue weighted by Crippen LogP contribution is -2.23. The van der Waals surface area contributed by atoms with Crippen LogP contribution in [-0.2, 0) is 6.42 Å². The first-order valence-corrected chi connectivity index (χ1v) is 8.11. The van der Waals surface area contributed by atoms with Gasteiger partial charge in [-0.3, -0.25) is 0 Å². The molecule has 0 amide bonds. The van der Waals surface area contributed by atoms with E-state index in [1.165, 1.54) is 11.6 Å². The summed E-state index contributed by atoms with van der Waals surface area (Å²) in [7, 11) is 0. The van der Waals surface area contributed by atoms with Crippen LogP contribution in [0.2, 0.25) is 5.02 Å². The van der Waals surface area contributed by atoms with E-state index in [4.69, 9.17) is 11.6 Å². The number of halogens is 3. The van der Waals surface area contributed by atoms with Crippen molar-refractivity contribution in [2.24, 2.45) is 0 Å². The smallest absolute Gasteiger partial charge is 0.127 e. The van der Waals surface area contributed by atoms with Gasteiger partial charge >= 0.3 is 0 Å². The van der Waals surface area contributed by atoms with E-state index in [1.807, 2.05) is 6.92 Å². The van der Waals surface area contributed by atoms with Gasteiger partial charge in [-0.15, -0.1) is 0 Å². The fraction of sp³-hybridized carbons (Fsp3) is 0.294. The van der Waals surface area contributed by atoms with Gasteiger partial charge in [0.25, 0.3) is 0 Å². The quantitative estimate of drug-likeness (QED) is 0.738. The van der Waals surface area contributed by atoms with E-state index < -0.39 is 0 Å². The Hall–Kier alpha value is -0.900. The molecule has 0 radical (unpaired) electrons. The zero-order valence-corrected chi connectivity index (χ0v) is 14.4. The second-order valence-electron chi connectivity index (χ2n) is 5.08. The molecule has 1 atom stereocenters. The van der Waals surface area contributed by atoms with Gasteiger partial charge in [0.1, 0.15) is 5.82 Å². The lowest BCUT2D eigenvalue weighted by atomic mass is 9.97. The first-order chi connectivity index (χ1) is 10.0. The van der Waals surface area contributed by atoms with Gasteiger partial charge in [-0.2, -0.15) is 0 Å². The monoisotopic (exact) mass is 369 g/mol. The average molecular weight is 371 g/mol. The summed E-state index contributed by atoms with van der Waals surface area (Å²) in [5.74, 6) is -0.256. The molecule has 0 aliphatic carbocycles. The molecule has 0 saturated carbocycles. The minimum Gasteiger partial charge on any atom is -0.310 e. The maximum Gasteiger partial charge on any atom is 0.127 e. The second-order valence-corrected chi connectivity index (χ2v) is 6.37. The molecule has 0 spiro atoms. The normalized spacial score (nSPS) is 12.4. The fourth-order valence-electron chi connectivity index (χ4n) is 2.36. The van der Waals surface area contributed by atoms with Crippen molar-refractivity contribution in [2.45, 2.75) is 26.3 Å². The Morgan fingerprint density at radius 3 is 2.62 bits per heavy atom. The van der Waals surface area contributed by atoms with Crippen LogP contribution in [0.3, 0.4) is 0 Å². The van der Waals surface area contributed by atoms with Crippen LogP contribution in [-0.4, -0.2) is 6.54 Å². The van der Waals surface area contributed by atoms with Crippen LogP contribution in [0, 0.1) is 12.7 Å². The molecule has 0 fully saturated rings. The molecule has 21 heavy (non-hydrogen) atoms. The Morgan fingerprint density at radius 2 is 2.00 bits per heavy atom. The van der Waals surface area contributed by atoms with Gasteiger partial charge in [0.05, 0.1) is 0 Å². The van der Waals surface area contributed by atoms with Crippen LogP contribution in [0.15, 0.2) is 40.9 Å². The summed E-state index contributed by atoms with van der Waals surface area (Å²) in [6.45, 7) is 4.92. The molecule has 0 heterocycles. The Balaban J connectivity index is 2.30. The lowest BCUT2D eigenvalue weighted by molar-refractivity contribution is 0.526. The predicted molar refractivity (Wildman–Crippen MR) is 90.4 cm³/mol. The maximum atomic E-state index is 14.0. The van der Waals surface area contributed by atoms with Gasteiger partial charge in [-0.05, 0) is 54.8 Å². The highest BCUT2D eigenvalue weighted by molar-refractivity contribution is 9.10. The molecule has 1 N–H and O–H groups in total. The Labute approximate surface area is 138 Å². The Morgan fingerprint density at radius 1 is 1.24 bits per heavy atom. The molecule has 1 unspecified atom stereocenters. The van der Waals surface area contributed by atoms with Crippen LogP contribution < -0.4 is 5.32 Å². The van der Waals surface area contributed by atoms with Gasteiger partial charge in [-0.1, -0.05) is 52.7 Å². The molecule has 4 heteroatoms. The van der Waals surface area contributed by atoms with Gasteiger partial charge in [0.2, 0.25) is 0 Å². The van der Waals surface area contributed by atoms with E-state index in [1.54, 1.807) is 12.1 Å². The summed E-state index contributed by atoms with van der Waals surface area (Å²) in [5, 5.41) is 3.84. The van der Waals surface area contributed by atoms with Crippen LogP contribution >= 0.6 is 27.5 Å². The average Bonchev–Trinajstić information content (AvgIpc) is 2.41. The van der Waals surface area contributed by atoms with Crippen molar-refractivity contribution in [1.82, 2.24) is 5.32 Å². The maximum absolute atomic E-state index is 14.0. The van der Waals surface area contributed by atoms with Crippen molar-refractivity contribution in [3.8, 4) is 0 Å². The van der Waals surface area contributed by atoms with Crippen LogP contribution in [0.5, 0.6) is 0 Å². The first-order valence-electron chi connectivity index (χ1n) is 6.94. The van der Waals surface area contributed by atoms with Crippen LogP contribution in [0.25, 0.3) is 0 Å². The van der Waals surface area contributed by atoms with E-state index in [0.29, 0.717) is 17.0 Å². The van der Waals surface area contributed by atoms with Crippen LogP contribution in [0.4, 0.5) is 4.39 Å². The van der Waals surface area contributed by atoms with Gasteiger partial charge in [0, 0.05) is 15.5 Å². The molecule has 0 saturated heterocycles. The third-order valence-corrected chi connectivity index (χ3v) is 4.34. The molecule has 0 aromatic heterocycles. The summed E-state index contributed by atoms with van der Waals surface area (Å²) < 4.78 is 15.1. The van der Waals surface area contributed by atoms with E-state index in [-0.39, 0.29) is 11.9 Å². The largest absolute Gasteiger partial charge is 0.310 e. The molecule has 0 bridgehead atoms. The van der Waals surface area contributed by atoms with Crippen molar-refractivity contribution in [2.75, 3.05) is 6.54 Å². The topological polar surface area (TPSA) is 12.0 Å². The van der Waals surface area contributed by atoms with Gasteiger partial charge in [0.15, 0.2) is 0 Å². The van der Waals surface area contributed by atoms with E-state index in [9.17, 15) is 4.39 Å². The van der Waals surface area contributed by atoms with E-state index >= 15 is 0 Å². The molecular weight excluding hydrogens is 353 g/mol. The van der Waals surface area contributed by atoms with Crippen molar-refractivity contribution < 1.29 is 4.39 Å². The number of nitrogens with one attached hydrogen (secondary N) is 1. The van der Waals surface area contributed by atoms with Crippen molar-refractivity contribution in [3.05, 3.63) is 68.4 Å². The number of aryl methyl sites for hydroxylation is 1. The molecule has 2 aromatic carbocycles. The Bertz CT molecular complexity index is 630. The van der Waals surface area contributed by atoms with Crippen molar-refractivity contribution >= 4 is 27.5 Å². The summed E-state index contributed by atoms with van der Waals surface area (Å²) in [5.41, 5.74) is 2.99. The molecule has 1 nitrogen and oxygen atoms in total. The van der Waals surface area contributed by atoms with Gasteiger partial charge in [-0.25, -0.2) is 4.39 Å². The molecule has 2 rings (SSSR count). The highest BCUT2D eigenvalue weighted by Gasteiger charge is 2.16. The zero-order chi connectivity index (χ0) is 15.4. The Kier molecular flexibility index (Phi) is 5.80. The minimum absolute atomic E-state index is 0.0562. The third-order valence-electron chi connectivity index (χ3n) is 3.42. The number of likely N-dealkylation sites (N-methyl/N-ethyl adjacent to an activating group) is 1. The number of rotatable bonds is 5. The fourth-order valence-corrected chi connectivity index (χ4v) is 3.29. The SMILES string of the molecule is CCNC(Cc1ccc(Cl)cc1F)c1ccc(C)cc1Br. The standard InChI is InChI=1S/C17H18BrClFN/c1-3-21-17(14-7-4-11(2)8-15(14)18)9-12-5-6-13(19)10-16(12)20/h4-8,10,17,21H,3,9H2,1-2H3. The molecule has 112 valence electrons. The number of hydrogen-bond acceptors (Lipinski definition) is 1. The molecule has 0 aliphatic rings. The zero-order valence-electron chi connectivity index (χ0n) is 12.1. The van der Waals surface area contributed by atoms with E-state index in [0.717, 1.165) is 16.6 Å². The highest BCUT2D eigenvalue weighted by Crippen LogP contribution is 2.28. The molecule has 0 aliphatic heterocycles. The van der Waals surface area contributed by atoms with Gasteiger partial charge < -0.3 is 5.32 Å². The summed E-state index contributed by atoms with van der Waals surface area (Å²) in [4.78, 5) is 0. The van der Waals surface area contributed by atoms with Crippen LogP contribution in [0.1, 0.15) is 29.7 Å². The van der Waals surface area contributed by atoms with Crippen molar-refractivity contribution in [3.63, 3.8) is 0 Å². The molecule has 2 aromatic rings. The second kappa shape index (κ2) is 7.39. The molecular formula is C17H18BrClFN. The predicted octanol–water partition coefficient (Wildman–Crippen LogP) is 5.44. The highest BCUT2D eigenvalue weighted by atomic mass is 79.9. The first kappa shape index (κ1) is 16.5. The van der Waals surface area contributed by atoms with E-state index in [2.05, 4.69) is 46.4 Å². The lowest BCUT2D eigenvalue weighted by Gasteiger charge is -2.20. The van der Waals surface area contributed by atoms with Crippen molar-refractivity contribution in [1.29, 1.82) is 0 Å². The number of benzene rings is 2. The number of hydrogen-bond donors (Lipinski definition) is 1. The third kappa shape index (κ3) is 4.29. The summed E-state index contributed by atoms with van der Waals surface area (Å²) in [6.07, 6.45) is 0.582.